The molecule has 0 aliphatic rings. The predicted octanol–water partition coefficient (Wildman–Crippen LogP) is 4.30. The molecule has 0 saturated carbocycles. The van der Waals surface area contributed by atoms with E-state index in [0.29, 0.717) is 12.1 Å². The number of benzene rings is 3. The second kappa shape index (κ2) is 6.92. The summed E-state index contributed by atoms with van der Waals surface area (Å²) in [5, 5.41) is 6.25. The summed E-state index contributed by atoms with van der Waals surface area (Å²) in [6.07, 6.45) is 2.76. The predicted molar refractivity (Wildman–Crippen MR) is 105 cm³/mol. The van der Waals surface area contributed by atoms with Gasteiger partial charge in [-0.25, -0.2) is 0 Å². The van der Waals surface area contributed by atoms with Crippen LogP contribution in [0.3, 0.4) is 0 Å². The molecule has 130 valence electrons. The van der Waals surface area contributed by atoms with E-state index in [0.717, 1.165) is 33.8 Å². The van der Waals surface area contributed by atoms with Crippen LogP contribution in [0.25, 0.3) is 21.7 Å². The van der Waals surface area contributed by atoms with Gasteiger partial charge in [0.2, 0.25) is 0 Å². The van der Waals surface area contributed by atoms with Gasteiger partial charge in [-0.05, 0) is 41.0 Å². The molecule has 1 aromatic heterocycles. The molecule has 2 N–H and O–H groups in total. The van der Waals surface area contributed by atoms with Crippen LogP contribution in [0.1, 0.15) is 15.9 Å². The summed E-state index contributed by atoms with van der Waals surface area (Å²) >= 11 is 0. The number of ether oxygens (including phenoxy) is 1. The normalized spacial score (nSPS) is 11.0. The molecule has 4 heteroatoms. The number of hydrogen-bond donors (Lipinski definition) is 2. The molecule has 0 saturated heterocycles. The van der Waals surface area contributed by atoms with Gasteiger partial charge in [-0.3, -0.25) is 4.79 Å². The van der Waals surface area contributed by atoms with Crippen molar-refractivity contribution in [3.05, 3.63) is 78.0 Å². The van der Waals surface area contributed by atoms with Crippen LogP contribution in [0.4, 0.5) is 0 Å². The van der Waals surface area contributed by atoms with Gasteiger partial charge >= 0.3 is 0 Å². The Kier molecular flexibility index (Phi) is 4.32. The Bertz CT molecular complexity index is 1080. The van der Waals surface area contributed by atoms with Gasteiger partial charge in [0.15, 0.2) is 0 Å². The van der Waals surface area contributed by atoms with Crippen LogP contribution < -0.4 is 10.1 Å². The van der Waals surface area contributed by atoms with Crippen LogP contribution in [0, 0.1) is 0 Å². The number of nitrogens with one attached hydrogen (secondary N) is 2. The van der Waals surface area contributed by atoms with E-state index in [9.17, 15) is 4.79 Å². The molecule has 0 aliphatic heterocycles. The second-order valence-electron chi connectivity index (χ2n) is 6.26. The second-order valence-corrected chi connectivity index (χ2v) is 6.26. The van der Waals surface area contributed by atoms with Gasteiger partial charge in [0.05, 0.1) is 7.11 Å². The first kappa shape index (κ1) is 16.2. The summed E-state index contributed by atoms with van der Waals surface area (Å²) in [5.74, 6) is 0.790. The van der Waals surface area contributed by atoms with Crippen LogP contribution in [0.2, 0.25) is 0 Å². The van der Waals surface area contributed by atoms with Crippen molar-refractivity contribution in [2.24, 2.45) is 0 Å². The Morgan fingerprint density at radius 3 is 2.77 bits per heavy atom. The van der Waals surface area contributed by atoms with Gasteiger partial charge in [0.25, 0.3) is 5.91 Å². The number of carbonyl (C=O) groups is 1. The number of rotatable bonds is 5. The summed E-state index contributed by atoms with van der Waals surface area (Å²) in [4.78, 5) is 15.9. The number of fused-ring (bicyclic) bond motifs is 2. The first-order valence-corrected chi connectivity index (χ1v) is 8.66. The van der Waals surface area contributed by atoms with Crippen LogP contribution >= 0.6 is 0 Å². The first-order chi connectivity index (χ1) is 12.8. The molecule has 0 unspecified atom stereocenters. The summed E-state index contributed by atoms with van der Waals surface area (Å²) in [5.41, 5.74) is 2.94. The Morgan fingerprint density at radius 2 is 1.88 bits per heavy atom. The SMILES string of the molecule is COc1ccc2c(CCNC(=O)c3cccc4ccccc34)c[nH]c2c1. The van der Waals surface area contributed by atoms with E-state index < -0.39 is 0 Å². The third-order valence-electron chi connectivity index (χ3n) is 4.69. The molecule has 4 nitrogen and oxygen atoms in total. The van der Waals surface area contributed by atoms with E-state index in [1.54, 1.807) is 7.11 Å². The molecular formula is C22H20N2O2. The Morgan fingerprint density at radius 1 is 1.04 bits per heavy atom. The number of amides is 1. The number of carbonyl (C=O) groups excluding carboxylic acids is 1. The van der Waals surface area contributed by atoms with Crippen molar-refractivity contribution in [3.63, 3.8) is 0 Å². The standard InChI is InChI=1S/C22H20N2O2/c1-26-17-9-10-19-16(14-24-21(19)13-17)11-12-23-22(25)20-8-4-6-15-5-2-3-7-18(15)20/h2-10,13-14,24H,11-12H2,1H3,(H,23,25). The van der Waals surface area contributed by atoms with Gasteiger partial charge in [-0.2, -0.15) is 0 Å². The molecule has 0 fully saturated rings. The molecule has 1 heterocycles. The number of hydrogen-bond acceptors (Lipinski definition) is 2. The summed E-state index contributed by atoms with van der Waals surface area (Å²) in [6, 6.07) is 19.7. The van der Waals surface area contributed by atoms with Gasteiger partial charge in [-0.1, -0.05) is 36.4 Å². The van der Waals surface area contributed by atoms with Crippen molar-refractivity contribution in [1.82, 2.24) is 10.3 Å². The van der Waals surface area contributed by atoms with Crippen molar-refractivity contribution in [2.75, 3.05) is 13.7 Å². The minimum Gasteiger partial charge on any atom is -0.497 e. The number of H-pyrrole nitrogens is 1. The number of aromatic amines is 1. The summed E-state index contributed by atoms with van der Waals surface area (Å²) in [7, 11) is 1.66. The minimum atomic E-state index is -0.0386. The zero-order valence-corrected chi connectivity index (χ0v) is 14.6. The highest BCUT2D eigenvalue weighted by molar-refractivity contribution is 6.07. The molecule has 1 amide bonds. The lowest BCUT2D eigenvalue weighted by Gasteiger charge is -2.08. The Hall–Kier alpha value is -3.27. The molecule has 0 spiro atoms. The topological polar surface area (TPSA) is 54.1 Å². The van der Waals surface area contributed by atoms with Crippen molar-refractivity contribution >= 4 is 27.6 Å². The van der Waals surface area contributed by atoms with Crippen molar-refractivity contribution < 1.29 is 9.53 Å². The average molecular weight is 344 g/mol. The lowest BCUT2D eigenvalue weighted by atomic mass is 10.0. The monoisotopic (exact) mass is 344 g/mol. The molecule has 0 bridgehead atoms. The zero-order valence-electron chi connectivity index (χ0n) is 14.6. The molecule has 0 atom stereocenters. The fraction of sp³-hybridized carbons (Fsp3) is 0.136. The molecule has 3 aromatic carbocycles. The maximum absolute atomic E-state index is 12.6. The lowest BCUT2D eigenvalue weighted by Crippen LogP contribution is -2.25. The lowest BCUT2D eigenvalue weighted by molar-refractivity contribution is 0.0956. The summed E-state index contributed by atoms with van der Waals surface area (Å²) in [6.45, 7) is 0.584. The maximum atomic E-state index is 12.6. The smallest absolute Gasteiger partial charge is 0.251 e. The average Bonchev–Trinajstić information content (AvgIpc) is 3.09. The van der Waals surface area contributed by atoms with Crippen molar-refractivity contribution in [2.45, 2.75) is 6.42 Å². The van der Waals surface area contributed by atoms with Crippen LogP contribution in [-0.2, 0) is 6.42 Å². The van der Waals surface area contributed by atoms with E-state index in [2.05, 4.69) is 10.3 Å². The van der Waals surface area contributed by atoms with Crippen molar-refractivity contribution in [3.8, 4) is 5.75 Å². The van der Waals surface area contributed by atoms with Gasteiger partial charge in [-0.15, -0.1) is 0 Å². The van der Waals surface area contributed by atoms with Gasteiger partial charge in [0.1, 0.15) is 5.75 Å². The highest BCUT2D eigenvalue weighted by Crippen LogP contribution is 2.23. The Labute approximate surface area is 151 Å². The molecule has 0 aliphatic carbocycles. The van der Waals surface area contributed by atoms with E-state index in [1.807, 2.05) is 66.9 Å². The maximum Gasteiger partial charge on any atom is 0.251 e. The van der Waals surface area contributed by atoms with Crippen LogP contribution in [0.15, 0.2) is 66.9 Å². The van der Waals surface area contributed by atoms with E-state index in [4.69, 9.17) is 4.74 Å². The summed E-state index contributed by atoms with van der Waals surface area (Å²) < 4.78 is 5.25. The fourth-order valence-electron chi connectivity index (χ4n) is 3.33. The third-order valence-corrected chi connectivity index (χ3v) is 4.69. The van der Waals surface area contributed by atoms with Gasteiger partial charge in [0, 0.05) is 35.3 Å². The third kappa shape index (κ3) is 3.02. The Balaban J connectivity index is 1.47. The number of aromatic nitrogens is 1. The van der Waals surface area contributed by atoms with Crippen molar-refractivity contribution in [1.29, 1.82) is 0 Å². The molecular weight excluding hydrogens is 324 g/mol. The first-order valence-electron chi connectivity index (χ1n) is 8.66. The molecule has 0 radical (unpaired) electrons. The highest BCUT2D eigenvalue weighted by Gasteiger charge is 2.10. The van der Waals surface area contributed by atoms with Crippen LogP contribution in [0.5, 0.6) is 5.75 Å². The van der Waals surface area contributed by atoms with Gasteiger partial charge < -0.3 is 15.0 Å². The van der Waals surface area contributed by atoms with Crippen LogP contribution in [-0.4, -0.2) is 24.5 Å². The molecule has 4 aromatic rings. The molecule has 26 heavy (non-hydrogen) atoms. The quantitative estimate of drug-likeness (QED) is 0.567. The largest absolute Gasteiger partial charge is 0.497 e. The van der Waals surface area contributed by atoms with E-state index in [1.165, 1.54) is 5.56 Å². The zero-order chi connectivity index (χ0) is 17.9. The fourth-order valence-corrected chi connectivity index (χ4v) is 3.33. The minimum absolute atomic E-state index is 0.0386. The van der Waals surface area contributed by atoms with E-state index >= 15 is 0 Å². The molecule has 4 rings (SSSR count). The highest BCUT2D eigenvalue weighted by atomic mass is 16.5. The number of methoxy groups -OCH3 is 1. The van der Waals surface area contributed by atoms with E-state index in [-0.39, 0.29) is 5.91 Å².